The van der Waals surface area contributed by atoms with Crippen molar-refractivity contribution >= 4 is 5.97 Å². The van der Waals surface area contributed by atoms with Crippen molar-refractivity contribution < 1.29 is 24.9 Å². The first-order valence-electron chi connectivity index (χ1n) is 11.0. The molecule has 1 aromatic rings. The molecule has 1 aromatic carbocycles. The molecule has 5 atom stereocenters. The van der Waals surface area contributed by atoms with Crippen LogP contribution in [0.5, 0.6) is 0 Å². The third-order valence-electron chi connectivity index (χ3n) is 5.45. The minimum Gasteiger partial charge on any atom is -0.463 e. The Morgan fingerprint density at radius 2 is 1.90 bits per heavy atom. The van der Waals surface area contributed by atoms with Crippen molar-refractivity contribution in [2.75, 3.05) is 0 Å². The van der Waals surface area contributed by atoms with E-state index in [2.05, 4.69) is 0 Å². The number of aliphatic hydroxyl groups is 3. The van der Waals surface area contributed by atoms with Crippen molar-refractivity contribution in [3.8, 4) is 0 Å². The van der Waals surface area contributed by atoms with E-state index in [0.717, 1.165) is 18.4 Å². The van der Waals surface area contributed by atoms with Gasteiger partial charge in [0.15, 0.2) is 0 Å². The second-order valence-corrected chi connectivity index (χ2v) is 8.39. The van der Waals surface area contributed by atoms with E-state index < -0.39 is 18.3 Å². The third kappa shape index (κ3) is 8.42. The van der Waals surface area contributed by atoms with Crippen molar-refractivity contribution in [1.82, 2.24) is 0 Å². The molecule has 166 valence electrons. The Hall–Kier alpha value is -1.95. The quantitative estimate of drug-likeness (QED) is 0.292. The maximum atomic E-state index is 11.5. The summed E-state index contributed by atoms with van der Waals surface area (Å²) in [6.45, 7) is 3.68. The fourth-order valence-electron chi connectivity index (χ4n) is 3.94. The Balaban J connectivity index is 1.80. The summed E-state index contributed by atoms with van der Waals surface area (Å²) in [5, 5.41) is 31.0. The fraction of sp³-hybridized carbons (Fsp3) is 0.560. The van der Waals surface area contributed by atoms with E-state index >= 15 is 0 Å². The topological polar surface area (TPSA) is 87.0 Å². The number of unbranched alkanes of at least 4 members (excludes halogenated alkanes) is 1. The van der Waals surface area contributed by atoms with E-state index in [9.17, 15) is 20.1 Å². The molecule has 30 heavy (non-hydrogen) atoms. The first kappa shape index (κ1) is 24.3. The van der Waals surface area contributed by atoms with Crippen molar-refractivity contribution in [2.24, 2.45) is 11.8 Å². The molecule has 0 radical (unpaired) electrons. The zero-order chi connectivity index (χ0) is 21.9. The highest BCUT2D eigenvalue weighted by molar-refractivity contribution is 5.69. The molecular formula is C25H36O5. The first-order valence-corrected chi connectivity index (χ1v) is 11.0. The second-order valence-electron chi connectivity index (χ2n) is 8.39. The van der Waals surface area contributed by atoms with Gasteiger partial charge in [-0.25, -0.2) is 0 Å². The molecule has 2 unspecified atom stereocenters. The highest BCUT2D eigenvalue weighted by Gasteiger charge is 2.39. The Morgan fingerprint density at radius 3 is 2.60 bits per heavy atom. The molecule has 3 N–H and O–H groups in total. The van der Waals surface area contributed by atoms with E-state index in [1.165, 1.54) is 0 Å². The Morgan fingerprint density at radius 1 is 1.17 bits per heavy atom. The summed E-state index contributed by atoms with van der Waals surface area (Å²) < 4.78 is 5.11. The maximum absolute atomic E-state index is 11.5. The molecule has 1 fully saturated rings. The lowest BCUT2D eigenvalue weighted by molar-refractivity contribution is -0.147. The predicted octanol–water partition coefficient (Wildman–Crippen LogP) is 3.57. The lowest BCUT2D eigenvalue weighted by Gasteiger charge is -2.19. The number of hydrogen-bond acceptors (Lipinski definition) is 5. The smallest absolute Gasteiger partial charge is 0.306 e. The average Bonchev–Trinajstić information content (AvgIpc) is 2.95. The number of benzene rings is 1. The number of esters is 1. The molecule has 0 aliphatic heterocycles. The van der Waals surface area contributed by atoms with Gasteiger partial charge in [0.1, 0.15) is 0 Å². The van der Waals surface area contributed by atoms with E-state index in [1.54, 1.807) is 6.08 Å². The normalized spacial score (nSPS) is 25.4. The maximum Gasteiger partial charge on any atom is 0.306 e. The number of aliphatic hydroxyl groups excluding tert-OH is 3. The summed E-state index contributed by atoms with van der Waals surface area (Å²) in [7, 11) is 0. The minimum atomic E-state index is -0.626. The monoisotopic (exact) mass is 416 g/mol. The third-order valence-corrected chi connectivity index (χ3v) is 5.45. The molecule has 0 amide bonds. The van der Waals surface area contributed by atoms with Gasteiger partial charge in [-0.2, -0.15) is 0 Å². The van der Waals surface area contributed by atoms with Gasteiger partial charge in [0.25, 0.3) is 0 Å². The largest absolute Gasteiger partial charge is 0.463 e. The van der Waals surface area contributed by atoms with Crippen molar-refractivity contribution in [2.45, 2.75) is 76.8 Å². The van der Waals surface area contributed by atoms with Crippen LogP contribution in [0, 0.1) is 11.8 Å². The molecule has 1 saturated carbocycles. The van der Waals surface area contributed by atoms with Crippen molar-refractivity contribution in [1.29, 1.82) is 0 Å². The van der Waals surface area contributed by atoms with Gasteiger partial charge in [0, 0.05) is 25.2 Å². The summed E-state index contributed by atoms with van der Waals surface area (Å²) in [6.07, 6.45) is 9.17. The Labute approximate surface area is 180 Å². The second kappa shape index (κ2) is 12.7. The van der Waals surface area contributed by atoms with Crippen LogP contribution in [0.3, 0.4) is 0 Å². The summed E-state index contributed by atoms with van der Waals surface area (Å²) in [6, 6.07) is 9.77. The molecule has 0 spiro atoms. The van der Waals surface area contributed by atoms with Crippen LogP contribution in [-0.2, 0) is 16.0 Å². The minimum absolute atomic E-state index is 0.0812. The van der Waals surface area contributed by atoms with Gasteiger partial charge in [-0.05, 0) is 44.6 Å². The molecular weight excluding hydrogens is 380 g/mol. The van der Waals surface area contributed by atoms with Crippen LogP contribution in [0.15, 0.2) is 54.6 Å². The van der Waals surface area contributed by atoms with Gasteiger partial charge >= 0.3 is 5.97 Å². The fourth-order valence-corrected chi connectivity index (χ4v) is 3.94. The molecule has 1 aliphatic rings. The van der Waals surface area contributed by atoms with Crippen LogP contribution in [0.2, 0.25) is 0 Å². The molecule has 2 rings (SSSR count). The summed E-state index contributed by atoms with van der Waals surface area (Å²) in [5.41, 5.74) is 1.05. The first-order chi connectivity index (χ1) is 14.4. The SMILES string of the molecule is CC(C)OC(=O)CCCC=CCC1C(C=C[C@@H](O)Cc2ccccc2)[C@H](O)C[C@@H]1O. The highest BCUT2D eigenvalue weighted by atomic mass is 16.5. The van der Waals surface area contributed by atoms with Gasteiger partial charge in [-0.15, -0.1) is 0 Å². The van der Waals surface area contributed by atoms with E-state index in [-0.39, 0.29) is 23.9 Å². The molecule has 1 aliphatic carbocycles. The Kier molecular flexibility index (Phi) is 10.3. The standard InChI is InChI=1S/C25H36O5/c1-18(2)30-25(29)13-9-4-3-8-12-21-22(24(28)17-23(21)27)15-14-20(26)16-19-10-6-5-7-11-19/h3,5-8,10-11,14-15,18,20-24,26-28H,4,9,12-13,16-17H2,1-2H3/t20-,21?,22?,23+,24-/m1/s1. The van der Waals surface area contributed by atoms with Gasteiger partial charge in [0.05, 0.1) is 24.4 Å². The van der Waals surface area contributed by atoms with Crippen LogP contribution < -0.4 is 0 Å². The number of carbonyl (C=O) groups is 1. The summed E-state index contributed by atoms with van der Waals surface area (Å²) in [5.74, 6) is -0.439. The predicted molar refractivity (Wildman–Crippen MR) is 118 cm³/mol. The number of rotatable bonds is 11. The summed E-state index contributed by atoms with van der Waals surface area (Å²) >= 11 is 0. The van der Waals surface area contributed by atoms with Gasteiger partial charge in [0.2, 0.25) is 0 Å². The van der Waals surface area contributed by atoms with Crippen LogP contribution in [0.4, 0.5) is 0 Å². The van der Waals surface area contributed by atoms with Gasteiger partial charge in [-0.3, -0.25) is 4.79 Å². The van der Waals surface area contributed by atoms with Crippen molar-refractivity contribution in [3.05, 3.63) is 60.2 Å². The van der Waals surface area contributed by atoms with E-state index in [4.69, 9.17) is 4.74 Å². The number of allylic oxidation sites excluding steroid dienone is 2. The lowest BCUT2D eigenvalue weighted by Crippen LogP contribution is -2.20. The van der Waals surface area contributed by atoms with Crippen molar-refractivity contribution in [3.63, 3.8) is 0 Å². The van der Waals surface area contributed by atoms with Crippen LogP contribution in [0.1, 0.15) is 51.5 Å². The highest BCUT2D eigenvalue weighted by Crippen LogP contribution is 2.36. The number of carbonyl (C=O) groups excluding carboxylic acids is 1. The van der Waals surface area contributed by atoms with Crippen LogP contribution in [-0.4, -0.2) is 45.7 Å². The van der Waals surface area contributed by atoms with Gasteiger partial charge < -0.3 is 20.1 Å². The molecule has 0 bridgehead atoms. The van der Waals surface area contributed by atoms with E-state index in [0.29, 0.717) is 25.7 Å². The number of hydrogen-bond donors (Lipinski definition) is 3. The summed E-state index contributed by atoms with van der Waals surface area (Å²) in [4.78, 5) is 11.5. The molecule has 0 saturated heterocycles. The van der Waals surface area contributed by atoms with E-state index in [1.807, 2.05) is 62.4 Å². The molecule has 0 aromatic heterocycles. The molecule has 5 heteroatoms. The van der Waals surface area contributed by atoms with Crippen LogP contribution in [0.25, 0.3) is 0 Å². The van der Waals surface area contributed by atoms with Gasteiger partial charge in [-0.1, -0.05) is 54.6 Å². The Bertz CT molecular complexity index is 682. The lowest BCUT2D eigenvalue weighted by atomic mass is 9.89. The molecule has 5 nitrogen and oxygen atoms in total. The number of ether oxygens (including phenoxy) is 1. The average molecular weight is 417 g/mol. The van der Waals surface area contributed by atoms with Crippen LogP contribution >= 0.6 is 0 Å². The zero-order valence-electron chi connectivity index (χ0n) is 18.1. The molecule has 0 heterocycles. The zero-order valence-corrected chi connectivity index (χ0v) is 18.1.